The maximum atomic E-state index is 12.1. The van der Waals surface area contributed by atoms with Gasteiger partial charge >= 0.3 is 0 Å². The monoisotopic (exact) mass is 265 g/mol. The Bertz CT molecular complexity index is 654. The lowest BCUT2D eigenvalue weighted by Gasteiger charge is -2.09. The maximum Gasteiger partial charge on any atom is 0.255 e. The van der Waals surface area contributed by atoms with Crippen molar-refractivity contribution in [2.24, 2.45) is 0 Å². The number of aromatic nitrogens is 1. The first-order valence-corrected chi connectivity index (χ1v) is 6.34. The highest BCUT2D eigenvalue weighted by atomic mass is 16.1. The van der Waals surface area contributed by atoms with Crippen LogP contribution in [0.5, 0.6) is 0 Å². The Labute approximate surface area is 118 Å². The summed E-state index contributed by atoms with van der Waals surface area (Å²) in [7, 11) is 0. The third-order valence-corrected chi connectivity index (χ3v) is 2.94. The molecule has 1 N–H and O–H groups in total. The Balaban J connectivity index is 2.15. The number of nitrogens with zero attached hydrogens (tertiary/aromatic N) is 2. The smallest absolute Gasteiger partial charge is 0.255 e. The van der Waals surface area contributed by atoms with Gasteiger partial charge in [0.15, 0.2) is 5.69 Å². The molecule has 2 rings (SSSR count). The van der Waals surface area contributed by atoms with Gasteiger partial charge in [-0.3, -0.25) is 9.78 Å². The molecule has 0 aliphatic rings. The van der Waals surface area contributed by atoms with E-state index >= 15 is 0 Å². The molecule has 0 bridgehead atoms. The van der Waals surface area contributed by atoms with E-state index in [0.29, 0.717) is 22.9 Å². The van der Waals surface area contributed by atoms with E-state index in [2.05, 4.69) is 29.0 Å². The molecule has 4 nitrogen and oxygen atoms in total. The molecule has 1 heterocycles. The van der Waals surface area contributed by atoms with Crippen LogP contribution in [0.3, 0.4) is 0 Å². The largest absolute Gasteiger partial charge is 0.321 e. The summed E-state index contributed by atoms with van der Waals surface area (Å²) in [5.41, 5.74) is 2.79. The molecule has 0 saturated heterocycles. The van der Waals surface area contributed by atoms with Gasteiger partial charge in [0.1, 0.15) is 0 Å². The predicted octanol–water partition coefficient (Wildman–Crippen LogP) is 4.01. The summed E-state index contributed by atoms with van der Waals surface area (Å²) in [6.07, 6.45) is 3.42. The van der Waals surface area contributed by atoms with E-state index in [1.165, 1.54) is 0 Å². The van der Waals surface area contributed by atoms with Gasteiger partial charge in [-0.15, -0.1) is 0 Å². The topological polar surface area (TPSA) is 46.4 Å². The van der Waals surface area contributed by atoms with Gasteiger partial charge in [0, 0.05) is 11.8 Å². The maximum absolute atomic E-state index is 12.1. The average Bonchev–Trinajstić information content (AvgIpc) is 2.47. The van der Waals surface area contributed by atoms with Crippen molar-refractivity contribution >= 4 is 17.3 Å². The molecule has 0 spiro atoms. The Morgan fingerprint density at radius 3 is 2.55 bits per heavy atom. The summed E-state index contributed by atoms with van der Waals surface area (Å²) in [6, 6.07) is 8.46. The Morgan fingerprint density at radius 2 is 1.95 bits per heavy atom. The molecular weight excluding hydrogens is 250 g/mol. The van der Waals surface area contributed by atoms with Crippen molar-refractivity contribution in [2.45, 2.75) is 19.8 Å². The second kappa shape index (κ2) is 5.98. The number of pyridine rings is 1. The molecule has 0 atom stereocenters. The van der Waals surface area contributed by atoms with Crippen molar-refractivity contribution in [3.63, 3.8) is 0 Å². The number of amides is 1. The lowest BCUT2D eigenvalue weighted by atomic mass is 10.1. The lowest BCUT2D eigenvalue weighted by molar-refractivity contribution is 0.102. The van der Waals surface area contributed by atoms with Crippen LogP contribution in [-0.4, -0.2) is 10.9 Å². The van der Waals surface area contributed by atoms with Crippen molar-refractivity contribution in [3.05, 3.63) is 65.3 Å². The standard InChI is InChI=1S/C16H15N3O/c1-11(2)13-8-15(10-18-9-13)19-16(20)12-4-6-14(17-3)7-5-12/h4-11H,1-2H3,(H,19,20). The van der Waals surface area contributed by atoms with E-state index in [-0.39, 0.29) is 5.91 Å². The zero-order valence-corrected chi connectivity index (χ0v) is 11.4. The van der Waals surface area contributed by atoms with Gasteiger partial charge in [0.05, 0.1) is 18.5 Å². The molecule has 1 aromatic carbocycles. The minimum Gasteiger partial charge on any atom is -0.321 e. The van der Waals surface area contributed by atoms with Crippen LogP contribution >= 0.6 is 0 Å². The number of nitrogens with one attached hydrogen (secondary N) is 1. The second-order valence-corrected chi connectivity index (χ2v) is 4.77. The van der Waals surface area contributed by atoms with Crippen molar-refractivity contribution in [1.82, 2.24) is 4.98 Å². The molecule has 100 valence electrons. The summed E-state index contributed by atoms with van der Waals surface area (Å²) in [6.45, 7) is 11.0. The van der Waals surface area contributed by atoms with Crippen LogP contribution in [0.4, 0.5) is 11.4 Å². The van der Waals surface area contributed by atoms with Crippen LogP contribution in [0.25, 0.3) is 4.85 Å². The highest BCUT2D eigenvalue weighted by Gasteiger charge is 2.07. The van der Waals surface area contributed by atoms with Gasteiger partial charge < -0.3 is 5.32 Å². The fourth-order valence-electron chi connectivity index (χ4n) is 1.73. The summed E-state index contributed by atoms with van der Waals surface area (Å²) in [5, 5.41) is 2.81. The van der Waals surface area contributed by atoms with E-state index in [1.807, 2.05) is 6.07 Å². The Hall–Kier alpha value is -2.67. The zero-order valence-electron chi connectivity index (χ0n) is 11.4. The average molecular weight is 265 g/mol. The molecule has 20 heavy (non-hydrogen) atoms. The van der Waals surface area contributed by atoms with Crippen LogP contribution in [0.15, 0.2) is 42.7 Å². The molecule has 1 amide bonds. The van der Waals surface area contributed by atoms with E-state index in [1.54, 1.807) is 36.7 Å². The van der Waals surface area contributed by atoms with Gasteiger partial charge in [0.25, 0.3) is 5.91 Å². The van der Waals surface area contributed by atoms with E-state index in [9.17, 15) is 4.79 Å². The molecule has 2 aromatic rings. The van der Waals surface area contributed by atoms with Gasteiger partial charge in [-0.2, -0.15) is 0 Å². The normalized spacial score (nSPS) is 10.1. The van der Waals surface area contributed by atoms with Crippen LogP contribution in [0, 0.1) is 6.57 Å². The summed E-state index contributed by atoms with van der Waals surface area (Å²) >= 11 is 0. The Morgan fingerprint density at radius 1 is 1.25 bits per heavy atom. The first kappa shape index (κ1) is 13.8. The van der Waals surface area contributed by atoms with Crippen LogP contribution < -0.4 is 5.32 Å². The first-order valence-electron chi connectivity index (χ1n) is 6.34. The minimum absolute atomic E-state index is 0.204. The first-order chi connectivity index (χ1) is 9.60. The van der Waals surface area contributed by atoms with E-state index < -0.39 is 0 Å². The highest BCUT2D eigenvalue weighted by Crippen LogP contribution is 2.18. The Kier molecular flexibility index (Phi) is 4.11. The lowest BCUT2D eigenvalue weighted by Crippen LogP contribution is -2.12. The fourth-order valence-corrected chi connectivity index (χ4v) is 1.73. The highest BCUT2D eigenvalue weighted by molar-refractivity contribution is 6.04. The van der Waals surface area contributed by atoms with Crippen LogP contribution in [0.1, 0.15) is 35.7 Å². The quantitative estimate of drug-likeness (QED) is 0.852. The van der Waals surface area contributed by atoms with Crippen molar-refractivity contribution in [2.75, 3.05) is 5.32 Å². The third kappa shape index (κ3) is 3.21. The fraction of sp³-hybridized carbons (Fsp3) is 0.188. The van der Waals surface area contributed by atoms with Crippen molar-refractivity contribution < 1.29 is 4.79 Å². The van der Waals surface area contributed by atoms with Crippen molar-refractivity contribution in [1.29, 1.82) is 0 Å². The molecule has 1 aromatic heterocycles. The van der Waals surface area contributed by atoms with E-state index in [4.69, 9.17) is 6.57 Å². The number of rotatable bonds is 3. The molecule has 4 heteroatoms. The van der Waals surface area contributed by atoms with Crippen LogP contribution in [0.2, 0.25) is 0 Å². The van der Waals surface area contributed by atoms with E-state index in [0.717, 1.165) is 5.56 Å². The molecule has 0 aliphatic carbocycles. The number of benzene rings is 1. The molecule has 0 saturated carbocycles. The summed E-state index contributed by atoms with van der Waals surface area (Å²) in [5.74, 6) is 0.154. The van der Waals surface area contributed by atoms with Gasteiger partial charge in [0.2, 0.25) is 0 Å². The predicted molar refractivity (Wildman–Crippen MR) is 79.0 cm³/mol. The van der Waals surface area contributed by atoms with Gasteiger partial charge in [-0.25, -0.2) is 4.85 Å². The number of hydrogen-bond acceptors (Lipinski definition) is 2. The number of anilines is 1. The molecular formula is C16H15N3O. The number of hydrogen-bond donors (Lipinski definition) is 1. The summed E-state index contributed by atoms with van der Waals surface area (Å²) < 4.78 is 0. The number of carbonyl (C=O) groups is 1. The SMILES string of the molecule is [C-]#[N+]c1ccc(C(=O)Nc2cncc(C(C)C)c2)cc1. The number of carbonyl (C=O) groups excluding carboxylic acids is 1. The van der Waals surface area contributed by atoms with Crippen molar-refractivity contribution in [3.8, 4) is 0 Å². The van der Waals surface area contributed by atoms with Gasteiger partial charge in [-0.05, 0) is 17.5 Å². The molecule has 0 radical (unpaired) electrons. The zero-order chi connectivity index (χ0) is 14.5. The second-order valence-electron chi connectivity index (χ2n) is 4.77. The molecule has 0 unspecified atom stereocenters. The van der Waals surface area contributed by atoms with Crippen LogP contribution in [-0.2, 0) is 0 Å². The van der Waals surface area contributed by atoms with Gasteiger partial charge in [-0.1, -0.05) is 38.1 Å². The third-order valence-electron chi connectivity index (χ3n) is 2.94. The molecule has 0 aliphatic heterocycles. The molecule has 0 fully saturated rings. The minimum atomic E-state index is -0.204. The summed E-state index contributed by atoms with van der Waals surface area (Å²) in [4.78, 5) is 19.5.